The SMILES string of the molecule is CC[C@@H]1C[C@H](C)CC/C=C\[C@@H]2C[C@@]2(C(=O)NS(=O)(=O)C2(C)CC2)NC(=O)[C@@H]2C[C@@H](Oc3nc4c(c5cc(OC)ccc35)CCCO4)CN2C(=O)[C@H]1N(C(=O)O)C(C)(C)C(F)(F)F. The first kappa shape index (κ1) is 45.2. The van der Waals surface area contributed by atoms with Crippen molar-refractivity contribution in [2.24, 2.45) is 17.8 Å². The molecule has 7 rings (SSSR count). The molecule has 1 aromatic heterocycles. The van der Waals surface area contributed by atoms with Crippen molar-refractivity contribution in [1.29, 1.82) is 0 Å². The number of hydrogen-bond donors (Lipinski definition) is 3. The van der Waals surface area contributed by atoms with Crippen molar-refractivity contribution in [2.75, 3.05) is 20.3 Å². The van der Waals surface area contributed by atoms with Crippen LogP contribution in [-0.4, -0.2) is 113 Å². The van der Waals surface area contributed by atoms with Crippen LogP contribution in [-0.2, 0) is 30.8 Å². The van der Waals surface area contributed by atoms with Crippen molar-refractivity contribution >= 4 is 44.6 Å². The van der Waals surface area contributed by atoms with Crippen LogP contribution < -0.4 is 24.2 Å². The average Bonchev–Trinajstić information content (AvgIpc) is 4.09. The first-order chi connectivity index (χ1) is 29.1. The summed E-state index contributed by atoms with van der Waals surface area (Å²) in [7, 11) is -2.60. The van der Waals surface area contributed by atoms with Crippen molar-refractivity contribution in [3.63, 3.8) is 0 Å². The van der Waals surface area contributed by atoms with E-state index in [4.69, 9.17) is 19.2 Å². The van der Waals surface area contributed by atoms with Gasteiger partial charge in [-0.25, -0.2) is 13.2 Å². The topological polar surface area (TPSA) is 194 Å². The molecule has 19 heteroatoms. The van der Waals surface area contributed by atoms with E-state index in [0.29, 0.717) is 69.6 Å². The number of fused-ring (bicyclic) bond motifs is 5. The number of ether oxygens (including phenoxy) is 3. The molecular formula is C43H56F3N5O10S. The number of alkyl halides is 3. The molecule has 0 spiro atoms. The second-order valence-electron chi connectivity index (χ2n) is 18.4. The highest BCUT2D eigenvalue weighted by molar-refractivity contribution is 7.91. The van der Waals surface area contributed by atoms with Gasteiger partial charge in [0, 0.05) is 23.3 Å². The number of allylic oxidation sites excluding steroid dienone is 1. The lowest BCUT2D eigenvalue weighted by Crippen LogP contribution is -2.66. The minimum atomic E-state index is -5.10. The molecule has 2 aliphatic carbocycles. The largest absolute Gasteiger partial charge is 0.497 e. The summed E-state index contributed by atoms with van der Waals surface area (Å²) in [5, 5.41) is 14.7. The lowest BCUT2D eigenvalue weighted by Gasteiger charge is -2.46. The summed E-state index contributed by atoms with van der Waals surface area (Å²) in [4.78, 5) is 63.1. The fourth-order valence-corrected chi connectivity index (χ4v) is 10.5. The molecule has 2 saturated carbocycles. The van der Waals surface area contributed by atoms with Gasteiger partial charge in [0.15, 0.2) is 0 Å². The van der Waals surface area contributed by atoms with Gasteiger partial charge >= 0.3 is 12.3 Å². The molecule has 7 atom stereocenters. The van der Waals surface area contributed by atoms with Crippen LogP contribution in [0.4, 0.5) is 18.0 Å². The Morgan fingerprint density at radius 3 is 2.53 bits per heavy atom. The molecule has 3 aliphatic heterocycles. The molecular weight excluding hydrogens is 836 g/mol. The number of nitrogens with one attached hydrogen (secondary N) is 2. The first-order valence-electron chi connectivity index (χ1n) is 21.3. The number of amides is 4. The number of pyridine rings is 1. The molecule has 15 nitrogen and oxygen atoms in total. The lowest BCUT2D eigenvalue weighted by atomic mass is 9.82. The average molecular weight is 892 g/mol. The standard InChI is InChI=1S/C43H56F3N5O10S/c1-7-25-19-24(2)11-8-9-12-26-22-42(26,38(54)49-62(57,58)41(5)16-17-41)48-34(52)32-21-28(23-50(32)37(53)33(25)51(39(55)56)40(3,4)43(44,45)46)61-36-30-15-14-27(59-6)20-31(30)29-13-10-18-60-35(29)47-36/h9,12,14-15,20,24-26,28,32-33H,7-8,10-11,13,16-19,21-23H2,1-6H3,(H,48,52)(H,49,54)(H,55,56)/b12-9-/t24-,25-,26-,28-,32+,33+,42-/m1/s1. The minimum absolute atomic E-state index is 0.0467. The number of aromatic nitrogens is 1. The van der Waals surface area contributed by atoms with Gasteiger partial charge in [0.2, 0.25) is 33.6 Å². The normalized spacial score (nSPS) is 29.3. The predicted molar refractivity (Wildman–Crippen MR) is 220 cm³/mol. The van der Waals surface area contributed by atoms with Crippen molar-refractivity contribution in [3.05, 3.63) is 35.9 Å². The Morgan fingerprint density at radius 2 is 1.89 bits per heavy atom. The number of carboxylic acid groups (broad SMARTS) is 1. The van der Waals surface area contributed by atoms with E-state index in [0.717, 1.165) is 22.3 Å². The monoisotopic (exact) mass is 891 g/mol. The summed E-state index contributed by atoms with van der Waals surface area (Å²) in [5.74, 6) is -3.57. The Morgan fingerprint density at radius 1 is 1.16 bits per heavy atom. The molecule has 2 aromatic rings. The van der Waals surface area contributed by atoms with E-state index < -0.39 is 85.9 Å². The number of benzene rings is 1. The molecule has 0 bridgehead atoms. The van der Waals surface area contributed by atoms with Gasteiger partial charge in [-0.2, -0.15) is 18.2 Å². The fraction of sp³-hybridized carbons (Fsp3) is 0.651. The summed E-state index contributed by atoms with van der Waals surface area (Å²) < 4.78 is 90.2. The van der Waals surface area contributed by atoms with Crippen LogP contribution in [0, 0.1) is 17.8 Å². The van der Waals surface area contributed by atoms with E-state index >= 15 is 4.79 Å². The second-order valence-corrected chi connectivity index (χ2v) is 20.6. The van der Waals surface area contributed by atoms with Crippen LogP contribution >= 0.6 is 0 Å². The third-order valence-corrected chi connectivity index (χ3v) is 15.8. The minimum Gasteiger partial charge on any atom is -0.497 e. The van der Waals surface area contributed by atoms with Gasteiger partial charge in [0.25, 0.3) is 5.91 Å². The van der Waals surface area contributed by atoms with Gasteiger partial charge in [0.1, 0.15) is 35.0 Å². The van der Waals surface area contributed by atoms with E-state index in [2.05, 4.69) is 10.0 Å². The number of halogens is 3. The highest BCUT2D eigenvalue weighted by Gasteiger charge is 2.64. The molecule has 1 saturated heterocycles. The Balaban J connectivity index is 1.32. The quantitative estimate of drug-likeness (QED) is 0.255. The summed E-state index contributed by atoms with van der Waals surface area (Å²) in [6.45, 7) is 6.53. The Labute approximate surface area is 359 Å². The van der Waals surface area contributed by atoms with E-state index in [-0.39, 0.29) is 48.9 Å². The Hall–Kier alpha value is -4.81. The van der Waals surface area contributed by atoms with Crippen molar-refractivity contribution in [3.8, 4) is 17.5 Å². The smallest absolute Gasteiger partial charge is 0.411 e. The highest BCUT2D eigenvalue weighted by atomic mass is 32.2. The van der Waals surface area contributed by atoms with Crippen LogP contribution in [0.2, 0.25) is 0 Å². The van der Waals surface area contributed by atoms with Crippen LogP contribution in [0.15, 0.2) is 30.4 Å². The van der Waals surface area contributed by atoms with E-state index in [1.54, 1.807) is 25.1 Å². The third kappa shape index (κ3) is 8.25. The van der Waals surface area contributed by atoms with Gasteiger partial charge < -0.3 is 29.5 Å². The molecule has 0 unspecified atom stereocenters. The van der Waals surface area contributed by atoms with Crippen LogP contribution in [0.1, 0.15) is 98.0 Å². The fourth-order valence-electron chi connectivity index (χ4n) is 9.22. The highest BCUT2D eigenvalue weighted by Crippen LogP contribution is 2.48. The van der Waals surface area contributed by atoms with Crippen molar-refractivity contribution in [2.45, 2.75) is 139 Å². The number of methoxy groups -OCH3 is 1. The number of rotatable bonds is 9. The summed E-state index contributed by atoms with van der Waals surface area (Å²) in [5.41, 5.74) is -3.94. The van der Waals surface area contributed by atoms with Crippen LogP contribution in [0.25, 0.3) is 10.8 Å². The number of aryl methyl sites for hydroxylation is 1. The summed E-state index contributed by atoms with van der Waals surface area (Å²) in [6, 6.07) is 1.90. The molecule has 4 amide bonds. The van der Waals surface area contributed by atoms with Crippen LogP contribution in [0.5, 0.6) is 17.5 Å². The number of nitrogens with zero attached hydrogens (tertiary/aromatic N) is 3. The molecule has 3 N–H and O–H groups in total. The van der Waals surface area contributed by atoms with Gasteiger partial charge in [-0.3, -0.25) is 24.0 Å². The maximum absolute atomic E-state index is 15.3. The molecule has 340 valence electrons. The molecule has 1 aromatic carbocycles. The van der Waals surface area contributed by atoms with Gasteiger partial charge in [-0.05, 0) is 108 Å². The summed E-state index contributed by atoms with van der Waals surface area (Å²) >= 11 is 0. The maximum atomic E-state index is 15.3. The zero-order valence-corrected chi connectivity index (χ0v) is 36.7. The zero-order chi connectivity index (χ0) is 45.2. The summed E-state index contributed by atoms with van der Waals surface area (Å²) in [6.07, 6.45) is -1.31. The Bertz CT molecular complexity index is 2270. The van der Waals surface area contributed by atoms with Crippen LogP contribution in [0.3, 0.4) is 0 Å². The van der Waals surface area contributed by atoms with Crippen molar-refractivity contribution < 1.29 is 60.1 Å². The zero-order valence-electron chi connectivity index (χ0n) is 35.8. The third-order valence-electron chi connectivity index (χ3n) is 13.7. The van der Waals surface area contributed by atoms with Gasteiger partial charge in [-0.15, -0.1) is 0 Å². The number of sulfonamides is 1. The van der Waals surface area contributed by atoms with Gasteiger partial charge in [0.05, 0.1) is 25.0 Å². The second kappa shape index (κ2) is 16.4. The maximum Gasteiger partial charge on any atom is 0.411 e. The molecule has 3 fully saturated rings. The molecule has 62 heavy (non-hydrogen) atoms. The number of carbonyl (C=O) groups is 4. The predicted octanol–water partition coefficient (Wildman–Crippen LogP) is 5.88. The first-order valence-corrected chi connectivity index (χ1v) is 22.8. The van der Waals surface area contributed by atoms with Gasteiger partial charge in [-0.1, -0.05) is 32.4 Å². The molecule has 5 aliphatic rings. The van der Waals surface area contributed by atoms with E-state index in [1.807, 2.05) is 19.1 Å². The molecule has 0 radical (unpaired) electrons. The Kier molecular flexibility index (Phi) is 12.0. The lowest BCUT2D eigenvalue weighted by molar-refractivity contribution is -0.222. The number of hydrogen-bond acceptors (Lipinski definition) is 10. The number of carbonyl (C=O) groups excluding carboxylic acids is 3. The van der Waals surface area contributed by atoms with E-state index in [1.165, 1.54) is 14.0 Å². The molecule has 4 heterocycles. The van der Waals surface area contributed by atoms with Crippen molar-refractivity contribution in [1.82, 2.24) is 24.8 Å². The van der Waals surface area contributed by atoms with E-state index in [9.17, 15) is 41.1 Å².